The van der Waals surface area contributed by atoms with E-state index in [1.54, 1.807) is 13.3 Å². The highest BCUT2D eigenvalue weighted by Gasteiger charge is 2.42. The highest BCUT2D eigenvalue weighted by molar-refractivity contribution is 5.93. The average Bonchev–Trinajstić information content (AvgIpc) is 3.18. The number of amides is 1. The van der Waals surface area contributed by atoms with Crippen LogP contribution in [-0.2, 0) is 16.8 Å². The zero-order chi connectivity index (χ0) is 19.1. The van der Waals surface area contributed by atoms with Crippen molar-refractivity contribution in [1.82, 2.24) is 19.9 Å². The van der Waals surface area contributed by atoms with E-state index in [0.29, 0.717) is 31.2 Å². The monoisotopic (exact) mass is 378 g/mol. The number of carbonyl (C=O) groups excluding carboxylic acids is 1. The predicted molar refractivity (Wildman–Crippen MR) is 103 cm³/mol. The Morgan fingerprint density at radius 2 is 2.14 bits per heavy atom. The molecular formula is C21H22N4O3. The van der Waals surface area contributed by atoms with Gasteiger partial charge < -0.3 is 19.4 Å². The van der Waals surface area contributed by atoms with Crippen LogP contribution in [-0.4, -0.2) is 52.6 Å². The fourth-order valence-corrected chi connectivity index (χ4v) is 4.36. The van der Waals surface area contributed by atoms with E-state index >= 15 is 0 Å². The van der Waals surface area contributed by atoms with Crippen LogP contribution in [0.15, 0.2) is 36.5 Å². The number of nitrogens with one attached hydrogen (secondary N) is 1. The molecule has 144 valence electrons. The molecule has 1 fully saturated rings. The van der Waals surface area contributed by atoms with Crippen LogP contribution in [0.1, 0.15) is 34.6 Å². The first-order valence-electron chi connectivity index (χ1n) is 9.60. The first-order chi connectivity index (χ1) is 13.7. The molecule has 1 N–H and O–H groups in total. The second-order valence-corrected chi connectivity index (χ2v) is 7.37. The number of hydrogen-bond donors (Lipinski definition) is 1. The predicted octanol–water partition coefficient (Wildman–Crippen LogP) is 2.67. The fraction of sp³-hybridized carbons (Fsp3) is 0.381. The lowest BCUT2D eigenvalue weighted by molar-refractivity contribution is -0.0936. The van der Waals surface area contributed by atoms with Crippen molar-refractivity contribution in [3.05, 3.63) is 53.5 Å². The summed E-state index contributed by atoms with van der Waals surface area (Å²) in [6, 6.07) is 9.92. The fourth-order valence-electron chi connectivity index (χ4n) is 4.36. The van der Waals surface area contributed by atoms with Crippen LogP contribution in [0.25, 0.3) is 11.2 Å². The van der Waals surface area contributed by atoms with E-state index in [2.05, 4.69) is 27.1 Å². The molecule has 3 aromatic rings. The number of hydrogen-bond acceptors (Lipinski definition) is 5. The summed E-state index contributed by atoms with van der Waals surface area (Å²) in [5.74, 6) is 1.14. The van der Waals surface area contributed by atoms with Crippen LogP contribution >= 0.6 is 0 Å². The van der Waals surface area contributed by atoms with E-state index in [9.17, 15) is 4.79 Å². The summed E-state index contributed by atoms with van der Waals surface area (Å²) >= 11 is 0. The van der Waals surface area contributed by atoms with E-state index < -0.39 is 0 Å². The molecule has 0 saturated carbocycles. The second kappa shape index (κ2) is 6.60. The number of piperidine rings is 1. The van der Waals surface area contributed by atoms with Crippen LogP contribution in [0.2, 0.25) is 0 Å². The van der Waals surface area contributed by atoms with Gasteiger partial charge in [0.2, 0.25) is 0 Å². The summed E-state index contributed by atoms with van der Waals surface area (Å²) in [5, 5.41) is 0. The molecule has 7 nitrogen and oxygen atoms in total. The molecule has 4 heterocycles. The zero-order valence-corrected chi connectivity index (χ0v) is 15.8. The highest BCUT2D eigenvalue weighted by atomic mass is 16.5. The molecule has 0 bridgehead atoms. The molecule has 1 aromatic carbocycles. The van der Waals surface area contributed by atoms with Gasteiger partial charge in [0.1, 0.15) is 5.75 Å². The minimum absolute atomic E-state index is 0.0846. The van der Waals surface area contributed by atoms with Crippen LogP contribution in [0, 0.1) is 0 Å². The van der Waals surface area contributed by atoms with Gasteiger partial charge in [-0.1, -0.05) is 6.07 Å². The summed E-state index contributed by atoms with van der Waals surface area (Å²) in [6.07, 6.45) is 4.12. The summed E-state index contributed by atoms with van der Waals surface area (Å²) in [7, 11) is 1.69. The third kappa shape index (κ3) is 2.74. The van der Waals surface area contributed by atoms with E-state index in [0.717, 1.165) is 30.5 Å². The molecule has 1 amide bonds. The van der Waals surface area contributed by atoms with Gasteiger partial charge in [0.15, 0.2) is 11.5 Å². The van der Waals surface area contributed by atoms with Gasteiger partial charge >= 0.3 is 0 Å². The highest BCUT2D eigenvalue weighted by Crippen LogP contribution is 2.42. The van der Waals surface area contributed by atoms with Crippen molar-refractivity contribution < 1.29 is 14.3 Å². The van der Waals surface area contributed by atoms with Crippen molar-refractivity contribution in [2.24, 2.45) is 0 Å². The number of aromatic nitrogens is 3. The maximum atomic E-state index is 12.9. The molecule has 1 saturated heterocycles. The smallest absolute Gasteiger partial charge is 0.289 e. The Balaban J connectivity index is 1.36. The number of methoxy groups -OCH3 is 1. The van der Waals surface area contributed by atoms with Gasteiger partial charge in [0.05, 0.1) is 24.8 Å². The maximum absolute atomic E-state index is 12.9. The number of ether oxygens (including phenoxy) is 2. The standard InChI is InChI=1S/C21H22N4O3/c1-27-15-4-5-16-14(13-15)6-12-28-21(16)7-10-25(11-8-21)20(26)19-23-17-3-2-9-22-18(17)24-19/h2-5,9,13H,6-8,10-12H2,1H3,(H,22,23,24). The first-order valence-corrected chi connectivity index (χ1v) is 9.60. The van der Waals surface area contributed by atoms with Crippen molar-refractivity contribution in [2.75, 3.05) is 26.8 Å². The van der Waals surface area contributed by atoms with Crippen LogP contribution in [0.4, 0.5) is 0 Å². The van der Waals surface area contributed by atoms with Crippen molar-refractivity contribution in [1.29, 1.82) is 0 Å². The SMILES string of the molecule is COc1ccc2c(c1)CCOC21CCN(C(=O)c2nc3ncccc3[nH]2)CC1. The Morgan fingerprint density at radius 1 is 1.29 bits per heavy atom. The summed E-state index contributed by atoms with van der Waals surface area (Å²) in [6.45, 7) is 1.97. The Labute approximate surface area is 162 Å². The van der Waals surface area contributed by atoms with Crippen molar-refractivity contribution in [3.8, 4) is 5.75 Å². The summed E-state index contributed by atoms with van der Waals surface area (Å²) < 4.78 is 11.6. The van der Waals surface area contributed by atoms with E-state index in [4.69, 9.17) is 9.47 Å². The van der Waals surface area contributed by atoms with Gasteiger partial charge in [-0.25, -0.2) is 9.97 Å². The lowest BCUT2D eigenvalue weighted by Gasteiger charge is -2.45. The molecule has 1 spiro atoms. The van der Waals surface area contributed by atoms with Crippen LogP contribution < -0.4 is 4.74 Å². The third-order valence-corrected chi connectivity index (χ3v) is 5.87. The molecule has 7 heteroatoms. The minimum Gasteiger partial charge on any atom is -0.497 e. The normalized spacial score (nSPS) is 18.2. The van der Waals surface area contributed by atoms with Crippen LogP contribution in [0.5, 0.6) is 5.75 Å². The van der Waals surface area contributed by atoms with Gasteiger partial charge in [-0.15, -0.1) is 0 Å². The minimum atomic E-state index is -0.313. The number of aromatic amines is 1. The van der Waals surface area contributed by atoms with E-state index in [1.807, 2.05) is 23.1 Å². The van der Waals surface area contributed by atoms with Gasteiger partial charge in [-0.3, -0.25) is 4.79 Å². The molecular weight excluding hydrogens is 356 g/mol. The Bertz CT molecular complexity index is 1000. The average molecular weight is 378 g/mol. The Hall–Kier alpha value is -2.93. The number of imidazole rings is 1. The number of carbonyl (C=O) groups is 1. The lowest BCUT2D eigenvalue weighted by Crippen LogP contribution is -2.48. The molecule has 0 unspecified atom stereocenters. The van der Waals surface area contributed by atoms with E-state index in [-0.39, 0.29) is 11.5 Å². The number of likely N-dealkylation sites (tertiary alicyclic amines) is 1. The molecule has 5 rings (SSSR count). The molecule has 0 radical (unpaired) electrons. The summed E-state index contributed by atoms with van der Waals surface area (Å²) in [5.41, 5.74) is 3.55. The molecule has 2 aliphatic heterocycles. The molecule has 0 aliphatic carbocycles. The topological polar surface area (TPSA) is 80.3 Å². The lowest BCUT2D eigenvalue weighted by atomic mass is 9.79. The van der Waals surface area contributed by atoms with Gasteiger partial charge in [-0.2, -0.15) is 0 Å². The zero-order valence-electron chi connectivity index (χ0n) is 15.8. The van der Waals surface area contributed by atoms with Crippen LogP contribution in [0.3, 0.4) is 0 Å². The molecule has 28 heavy (non-hydrogen) atoms. The number of nitrogens with zero attached hydrogens (tertiary/aromatic N) is 3. The second-order valence-electron chi connectivity index (χ2n) is 7.37. The number of fused-ring (bicyclic) bond motifs is 3. The third-order valence-electron chi connectivity index (χ3n) is 5.87. The first kappa shape index (κ1) is 17.2. The number of benzene rings is 1. The Morgan fingerprint density at radius 3 is 2.93 bits per heavy atom. The maximum Gasteiger partial charge on any atom is 0.289 e. The van der Waals surface area contributed by atoms with Gasteiger partial charge in [0.25, 0.3) is 5.91 Å². The molecule has 2 aromatic heterocycles. The molecule has 2 aliphatic rings. The number of H-pyrrole nitrogens is 1. The summed E-state index contributed by atoms with van der Waals surface area (Å²) in [4.78, 5) is 26.4. The van der Waals surface area contributed by atoms with Gasteiger partial charge in [0, 0.05) is 19.3 Å². The number of pyridine rings is 1. The van der Waals surface area contributed by atoms with Crippen molar-refractivity contribution in [3.63, 3.8) is 0 Å². The van der Waals surface area contributed by atoms with Crippen molar-refractivity contribution in [2.45, 2.75) is 24.9 Å². The van der Waals surface area contributed by atoms with E-state index in [1.165, 1.54) is 11.1 Å². The van der Waals surface area contributed by atoms with Crippen molar-refractivity contribution >= 4 is 17.1 Å². The van der Waals surface area contributed by atoms with Gasteiger partial charge in [-0.05, 0) is 54.7 Å². The quantitative estimate of drug-likeness (QED) is 0.742. The number of rotatable bonds is 2. The Kier molecular flexibility index (Phi) is 4.05. The largest absolute Gasteiger partial charge is 0.497 e. The molecule has 0 atom stereocenters.